The van der Waals surface area contributed by atoms with Crippen LogP contribution in [-0.4, -0.2) is 75.3 Å². The van der Waals surface area contributed by atoms with Gasteiger partial charge in [-0.25, -0.2) is 4.68 Å². The van der Waals surface area contributed by atoms with E-state index in [1.165, 1.54) is 4.68 Å². The zero-order chi connectivity index (χ0) is 21.5. The first-order valence-corrected chi connectivity index (χ1v) is 11.1. The van der Waals surface area contributed by atoms with E-state index in [1.807, 2.05) is 29.2 Å². The average Bonchev–Trinajstić information content (AvgIpc) is 3.32. The van der Waals surface area contributed by atoms with Crippen molar-refractivity contribution in [2.75, 3.05) is 39.4 Å². The molecule has 5 rings (SSSR count). The number of likely N-dealkylation sites (tertiary alicyclic amines) is 1. The van der Waals surface area contributed by atoms with Crippen molar-refractivity contribution in [1.82, 2.24) is 24.0 Å². The number of amides is 1. The minimum atomic E-state index is -0.200. The summed E-state index contributed by atoms with van der Waals surface area (Å²) in [6, 6.07) is 4.21. The lowest BCUT2D eigenvalue weighted by Crippen LogP contribution is -2.50. The summed E-state index contributed by atoms with van der Waals surface area (Å²) in [5, 5.41) is 4.46. The Kier molecular flexibility index (Phi) is 5.31. The maximum Gasteiger partial charge on any atom is 0.291 e. The smallest absolute Gasteiger partial charge is 0.291 e. The number of aromatic nitrogens is 3. The van der Waals surface area contributed by atoms with Gasteiger partial charge in [0.25, 0.3) is 5.56 Å². The van der Waals surface area contributed by atoms with E-state index < -0.39 is 0 Å². The van der Waals surface area contributed by atoms with Gasteiger partial charge in [0, 0.05) is 50.8 Å². The average molecular weight is 428 g/mol. The summed E-state index contributed by atoms with van der Waals surface area (Å²) >= 11 is 0. The Morgan fingerprint density at radius 3 is 2.58 bits per heavy atom. The largest absolute Gasteiger partial charge is 0.460 e. The summed E-state index contributed by atoms with van der Waals surface area (Å²) in [4.78, 5) is 30.1. The molecule has 3 aromatic rings. The summed E-state index contributed by atoms with van der Waals surface area (Å²) in [6.45, 7) is 9.15. The first-order valence-electron chi connectivity index (χ1n) is 11.1. The molecule has 5 heterocycles. The SMILES string of the molecule is Cc1cc2c(cc3c(=O)n(CCC(=O)N4CCC(N5CCOCC5)CC4)nc(C)n32)o1. The number of piperidine rings is 1. The van der Waals surface area contributed by atoms with Gasteiger partial charge in [-0.05, 0) is 26.7 Å². The summed E-state index contributed by atoms with van der Waals surface area (Å²) in [5.41, 5.74) is 1.85. The Bertz CT molecular complexity index is 1160. The quantitative estimate of drug-likeness (QED) is 0.628. The number of rotatable bonds is 4. The Hall–Kier alpha value is -2.65. The van der Waals surface area contributed by atoms with Crippen molar-refractivity contribution >= 4 is 22.5 Å². The maximum absolute atomic E-state index is 12.9. The fraction of sp³-hybridized carbons (Fsp3) is 0.591. The van der Waals surface area contributed by atoms with Crippen LogP contribution in [0.25, 0.3) is 16.6 Å². The second kappa shape index (κ2) is 8.12. The third-order valence-electron chi connectivity index (χ3n) is 6.57. The normalized spacial score (nSPS) is 19.0. The second-order valence-electron chi connectivity index (χ2n) is 8.56. The van der Waals surface area contributed by atoms with E-state index in [-0.39, 0.29) is 24.4 Å². The highest BCUT2D eigenvalue weighted by Crippen LogP contribution is 2.23. The highest BCUT2D eigenvalue weighted by atomic mass is 16.5. The molecule has 0 aromatic carbocycles. The number of ether oxygens (including phenoxy) is 1. The molecular formula is C22H29N5O4. The molecule has 0 atom stereocenters. The van der Waals surface area contributed by atoms with Crippen molar-refractivity contribution < 1.29 is 13.9 Å². The molecule has 2 fully saturated rings. The fourth-order valence-corrected chi connectivity index (χ4v) is 4.95. The molecule has 0 bridgehead atoms. The number of nitrogens with zero attached hydrogens (tertiary/aromatic N) is 5. The molecule has 0 spiro atoms. The lowest BCUT2D eigenvalue weighted by Gasteiger charge is -2.40. The number of morpholine rings is 1. The van der Waals surface area contributed by atoms with Crippen molar-refractivity contribution in [2.45, 2.75) is 45.7 Å². The van der Waals surface area contributed by atoms with Crippen LogP contribution in [0.4, 0.5) is 0 Å². The number of hydrogen-bond donors (Lipinski definition) is 0. The number of hydrogen-bond acceptors (Lipinski definition) is 6. The highest BCUT2D eigenvalue weighted by molar-refractivity contribution is 5.83. The van der Waals surface area contributed by atoms with Crippen LogP contribution >= 0.6 is 0 Å². The molecule has 2 aliphatic rings. The standard InChI is InChI=1S/C22H29N5O4/c1-15-13-18-20(31-15)14-19-22(29)26(23-16(2)27(18)19)8-5-21(28)25-6-3-17(4-7-25)24-9-11-30-12-10-24/h13-14,17H,3-12H2,1-2H3. The predicted octanol–water partition coefficient (Wildman–Crippen LogP) is 1.57. The number of carbonyl (C=O) groups is 1. The van der Waals surface area contributed by atoms with Crippen LogP contribution in [0.2, 0.25) is 0 Å². The summed E-state index contributed by atoms with van der Waals surface area (Å²) in [6.07, 6.45) is 2.27. The topological polar surface area (TPSA) is 85.2 Å². The van der Waals surface area contributed by atoms with Gasteiger partial charge in [-0.2, -0.15) is 5.10 Å². The number of carbonyl (C=O) groups excluding carboxylic acids is 1. The Morgan fingerprint density at radius 1 is 1.10 bits per heavy atom. The summed E-state index contributed by atoms with van der Waals surface area (Å²) < 4.78 is 14.3. The minimum Gasteiger partial charge on any atom is -0.460 e. The van der Waals surface area contributed by atoms with E-state index in [2.05, 4.69) is 10.00 Å². The van der Waals surface area contributed by atoms with Crippen LogP contribution in [0.3, 0.4) is 0 Å². The van der Waals surface area contributed by atoms with Gasteiger partial charge >= 0.3 is 0 Å². The highest BCUT2D eigenvalue weighted by Gasteiger charge is 2.27. The van der Waals surface area contributed by atoms with E-state index in [1.54, 1.807) is 6.07 Å². The summed E-state index contributed by atoms with van der Waals surface area (Å²) in [7, 11) is 0. The molecule has 9 nitrogen and oxygen atoms in total. The van der Waals surface area contributed by atoms with Gasteiger partial charge in [0.1, 0.15) is 17.1 Å². The van der Waals surface area contributed by atoms with Crippen LogP contribution in [0, 0.1) is 13.8 Å². The maximum atomic E-state index is 12.9. The molecule has 2 aliphatic heterocycles. The van der Waals surface area contributed by atoms with E-state index in [9.17, 15) is 9.59 Å². The van der Waals surface area contributed by atoms with Crippen LogP contribution < -0.4 is 5.56 Å². The van der Waals surface area contributed by atoms with Crippen molar-refractivity contribution in [3.05, 3.63) is 34.1 Å². The number of aryl methyl sites for hydroxylation is 3. The monoisotopic (exact) mass is 427 g/mol. The predicted molar refractivity (Wildman–Crippen MR) is 115 cm³/mol. The molecule has 0 aliphatic carbocycles. The van der Waals surface area contributed by atoms with Gasteiger partial charge in [-0.3, -0.25) is 18.9 Å². The molecule has 0 saturated carbocycles. The molecule has 3 aromatic heterocycles. The molecule has 9 heteroatoms. The molecule has 0 N–H and O–H groups in total. The van der Waals surface area contributed by atoms with E-state index >= 15 is 0 Å². The van der Waals surface area contributed by atoms with Gasteiger partial charge in [-0.1, -0.05) is 0 Å². The van der Waals surface area contributed by atoms with Gasteiger partial charge in [0.2, 0.25) is 5.91 Å². The van der Waals surface area contributed by atoms with Crippen molar-refractivity contribution in [3.8, 4) is 0 Å². The van der Waals surface area contributed by atoms with Crippen molar-refractivity contribution in [3.63, 3.8) is 0 Å². The molecule has 0 unspecified atom stereocenters. The third kappa shape index (κ3) is 3.76. The van der Waals surface area contributed by atoms with Gasteiger partial charge in [-0.15, -0.1) is 0 Å². The lowest BCUT2D eigenvalue weighted by atomic mass is 10.0. The molecule has 1 amide bonds. The number of fused-ring (bicyclic) bond motifs is 3. The van der Waals surface area contributed by atoms with Crippen molar-refractivity contribution in [1.29, 1.82) is 0 Å². The molecule has 0 radical (unpaired) electrons. The zero-order valence-corrected chi connectivity index (χ0v) is 18.2. The van der Waals surface area contributed by atoms with Crippen molar-refractivity contribution in [2.24, 2.45) is 0 Å². The molecular weight excluding hydrogens is 398 g/mol. The van der Waals surface area contributed by atoms with E-state index in [4.69, 9.17) is 9.15 Å². The summed E-state index contributed by atoms with van der Waals surface area (Å²) in [5.74, 6) is 1.58. The minimum absolute atomic E-state index is 0.0893. The van der Waals surface area contributed by atoms with Crippen LogP contribution in [0.5, 0.6) is 0 Å². The van der Waals surface area contributed by atoms with Gasteiger partial charge in [0.05, 0.1) is 25.3 Å². The zero-order valence-electron chi connectivity index (χ0n) is 18.2. The first kappa shape index (κ1) is 20.3. The third-order valence-corrected chi connectivity index (χ3v) is 6.57. The van der Waals surface area contributed by atoms with Crippen LogP contribution in [0.15, 0.2) is 21.3 Å². The Labute approximate surface area is 180 Å². The van der Waals surface area contributed by atoms with Gasteiger partial charge < -0.3 is 14.1 Å². The van der Waals surface area contributed by atoms with Crippen LogP contribution in [-0.2, 0) is 16.1 Å². The van der Waals surface area contributed by atoms with E-state index in [0.29, 0.717) is 23.0 Å². The Balaban J connectivity index is 1.24. The lowest BCUT2D eigenvalue weighted by molar-refractivity contribution is -0.133. The van der Waals surface area contributed by atoms with E-state index in [0.717, 1.165) is 63.5 Å². The fourth-order valence-electron chi connectivity index (χ4n) is 4.95. The molecule has 166 valence electrons. The van der Waals surface area contributed by atoms with Crippen LogP contribution in [0.1, 0.15) is 30.8 Å². The van der Waals surface area contributed by atoms with Gasteiger partial charge in [0.15, 0.2) is 5.58 Å². The number of furan rings is 1. The second-order valence-corrected chi connectivity index (χ2v) is 8.56. The Morgan fingerprint density at radius 2 is 1.84 bits per heavy atom. The first-order chi connectivity index (χ1) is 15.0. The molecule has 31 heavy (non-hydrogen) atoms. The molecule has 2 saturated heterocycles.